The normalized spacial score (nSPS) is 22.9. The van der Waals surface area contributed by atoms with E-state index in [0.717, 1.165) is 12.0 Å². The topological polar surface area (TPSA) is 29.1 Å². The van der Waals surface area contributed by atoms with E-state index < -0.39 is 0 Å². The van der Waals surface area contributed by atoms with Crippen LogP contribution in [0.1, 0.15) is 31.9 Å². The minimum absolute atomic E-state index is 0.0817. The Labute approximate surface area is 107 Å². The second-order valence-corrected chi connectivity index (χ2v) is 5.68. The lowest BCUT2D eigenvalue weighted by Crippen LogP contribution is -2.31. The molecule has 1 aromatic carbocycles. The van der Waals surface area contributed by atoms with Crippen LogP contribution in [0.25, 0.3) is 0 Å². The zero-order valence-electron chi connectivity index (χ0n) is 10.2. The number of amides is 1. The molecule has 0 heterocycles. The Morgan fingerprint density at radius 3 is 2.53 bits per heavy atom. The van der Waals surface area contributed by atoms with E-state index in [1.165, 1.54) is 0 Å². The highest BCUT2D eigenvalue weighted by molar-refractivity contribution is 6.18. The van der Waals surface area contributed by atoms with E-state index in [1.807, 2.05) is 30.3 Å². The number of hydrogen-bond acceptors (Lipinski definition) is 1. The summed E-state index contributed by atoms with van der Waals surface area (Å²) in [5.74, 6) is 0.685. The van der Waals surface area contributed by atoms with Crippen molar-refractivity contribution in [2.45, 2.75) is 26.3 Å². The Balaban J connectivity index is 1.99. The molecule has 1 aliphatic carbocycles. The van der Waals surface area contributed by atoms with E-state index in [2.05, 4.69) is 19.2 Å². The molecule has 1 saturated carbocycles. The first-order valence-electron chi connectivity index (χ1n) is 5.96. The fourth-order valence-electron chi connectivity index (χ4n) is 2.08. The predicted octanol–water partition coefficient (Wildman–Crippen LogP) is 3.13. The predicted molar refractivity (Wildman–Crippen MR) is 69.9 cm³/mol. The highest BCUT2D eigenvalue weighted by Crippen LogP contribution is 2.51. The van der Waals surface area contributed by atoms with Crippen molar-refractivity contribution < 1.29 is 4.79 Å². The maximum absolute atomic E-state index is 12.0. The molecule has 2 atom stereocenters. The Kier molecular flexibility index (Phi) is 3.43. The number of halogens is 1. The molecule has 1 fully saturated rings. The lowest BCUT2D eigenvalue weighted by Gasteiger charge is -2.17. The Hall–Kier alpha value is -1.02. The summed E-state index contributed by atoms with van der Waals surface area (Å²) in [6.45, 7) is 4.24. The fraction of sp³-hybridized carbons (Fsp3) is 0.500. The zero-order chi connectivity index (χ0) is 12.5. The number of hydrogen-bond donors (Lipinski definition) is 1. The van der Waals surface area contributed by atoms with Crippen molar-refractivity contribution in [1.29, 1.82) is 0 Å². The zero-order valence-corrected chi connectivity index (χ0v) is 11.0. The van der Waals surface area contributed by atoms with Crippen molar-refractivity contribution in [3.05, 3.63) is 35.9 Å². The molecule has 2 rings (SSSR count). The van der Waals surface area contributed by atoms with Gasteiger partial charge in [-0.2, -0.15) is 0 Å². The molecule has 1 aliphatic rings. The number of nitrogens with one attached hydrogen (secondary N) is 1. The summed E-state index contributed by atoms with van der Waals surface area (Å²) in [7, 11) is 0. The van der Waals surface area contributed by atoms with Crippen LogP contribution in [0, 0.1) is 11.3 Å². The van der Waals surface area contributed by atoms with Crippen molar-refractivity contribution in [3.8, 4) is 0 Å². The maximum atomic E-state index is 12.0. The van der Waals surface area contributed by atoms with Gasteiger partial charge in [0.15, 0.2) is 0 Å². The first-order valence-corrected chi connectivity index (χ1v) is 6.49. The summed E-state index contributed by atoms with van der Waals surface area (Å²) < 4.78 is 0. The number of benzene rings is 1. The summed E-state index contributed by atoms with van der Waals surface area (Å²) in [4.78, 5) is 12.0. The van der Waals surface area contributed by atoms with E-state index >= 15 is 0 Å². The van der Waals surface area contributed by atoms with Gasteiger partial charge < -0.3 is 5.32 Å². The molecule has 2 unspecified atom stereocenters. The molecule has 0 spiro atoms. The van der Waals surface area contributed by atoms with Gasteiger partial charge >= 0.3 is 0 Å². The van der Waals surface area contributed by atoms with Crippen molar-refractivity contribution in [2.24, 2.45) is 11.3 Å². The minimum Gasteiger partial charge on any atom is -0.348 e. The van der Waals surface area contributed by atoms with Crippen LogP contribution < -0.4 is 5.32 Å². The molecule has 1 N–H and O–H groups in total. The van der Waals surface area contributed by atoms with Gasteiger partial charge in [-0.3, -0.25) is 4.79 Å². The highest BCUT2D eigenvalue weighted by atomic mass is 35.5. The van der Waals surface area contributed by atoms with Crippen molar-refractivity contribution in [1.82, 2.24) is 5.32 Å². The molecular formula is C14H18ClNO. The number of carbonyl (C=O) groups excluding carboxylic acids is 1. The third-order valence-electron chi connectivity index (χ3n) is 3.50. The van der Waals surface area contributed by atoms with Crippen LogP contribution in [0.15, 0.2) is 30.3 Å². The number of rotatable bonds is 4. The van der Waals surface area contributed by atoms with E-state index in [-0.39, 0.29) is 23.3 Å². The summed E-state index contributed by atoms with van der Waals surface area (Å²) in [6, 6.07) is 9.78. The van der Waals surface area contributed by atoms with E-state index in [0.29, 0.717) is 5.88 Å². The lowest BCUT2D eigenvalue weighted by molar-refractivity contribution is -0.123. The fourth-order valence-corrected chi connectivity index (χ4v) is 2.34. The van der Waals surface area contributed by atoms with Crippen LogP contribution in [0.4, 0.5) is 0 Å². The highest BCUT2D eigenvalue weighted by Gasteiger charge is 2.50. The number of alkyl halides is 1. The van der Waals surface area contributed by atoms with Gasteiger partial charge in [-0.15, -0.1) is 11.6 Å². The van der Waals surface area contributed by atoms with E-state index in [4.69, 9.17) is 11.6 Å². The second-order valence-electron chi connectivity index (χ2n) is 5.37. The third kappa shape index (κ3) is 2.81. The Bertz CT molecular complexity index is 402. The van der Waals surface area contributed by atoms with Crippen LogP contribution in [0.5, 0.6) is 0 Å². The second kappa shape index (κ2) is 4.69. The van der Waals surface area contributed by atoms with Gasteiger partial charge in [-0.25, -0.2) is 0 Å². The molecule has 0 radical (unpaired) electrons. The molecule has 1 aromatic rings. The Morgan fingerprint density at radius 2 is 2.06 bits per heavy atom. The summed E-state index contributed by atoms with van der Waals surface area (Å²) >= 11 is 5.93. The van der Waals surface area contributed by atoms with Crippen LogP contribution >= 0.6 is 11.6 Å². The summed E-state index contributed by atoms with van der Waals surface area (Å²) in [5.41, 5.74) is 1.23. The molecule has 0 aliphatic heterocycles. The largest absolute Gasteiger partial charge is 0.348 e. The molecule has 0 saturated heterocycles. The average Bonchev–Trinajstić information content (AvgIpc) is 2.96. The summed E-state index contributed by atoms with van der Waals surface area (Å²) in [5, 5.41) is 3.03. The summed E-state index contributed by atoms with van der Waals surface area (Å²) in [6.07, 6.45) is 0.975. The smallest absolute Gasteiger partial charge is 0.224 e. The van der Waals surface area contributed by atoms with Gasteiger partial charge in [-0.1, -0.05) is 44.2 Å². The SMILES string of the molecule is CC1(C)CC1C(=O)NC(CCl)c1ccccc1. The van der Waals surface area contributed by atoms with Crippen LogP contribution in [0.3, 0.4) is 0 Å². The molecule has 3 heteroatoms. The minimum atomic E-state index is -0.0817. The van der Waals surface area contributed by atoms with Gasteiger partial charge in [-0.05, 0) is 17.4 Å². The van der Waals surface area contributed by atoms with Crippen molar-refractivity contribution in [2.75, 3.05) is 5.88 Å². The van der Waals surface area contributed by atoms with Crippen LogP contribution in [-0.4, -0.2) is 11.8 Å². The Morgan fingerprint density at radius 1 is 1.47 bits per heavy atom. The first kappa shape index (κ1) is 12.4. The van der Waals surface area contributed by atoms with E-state index in [1.54, 1.807) is 0 Å². The maximum Gasteiger partial charge on any atom is 0.224 e. The van der Waals surface area contributed by atoms with Crippen LogP contribution in [-0.2, 0) is 4.79 Å². The molecule has 0 aromatic heterocycles. The van der Waals surface area contributed by atoms with Gasteiger partial charge in [0.1, 0.15) is 0 Å². The third-order valence-corrected chi connectivity index (χ3v) is 3.81. The average molecular weight is 252 g/mol. The molecule has 2 nitrogen and oxygen atoms in total. The number of carbonyl (C=O) groups is 1. The monoisotopic (exact) mass is 251 g/mol. The van der Waals surface area contributed by atoms with Crippen molar-refractivity contribution in [3.63, 3.8) is 0 Å². The molecular weight excluding hydrogens is 234 g/mol. The van der Waals surface area contributed by atoms with E-state index in [9.17, 15) is 4.79 Å². The lowest BCUT2D eigenvalue weighted by atomic mass is 10.1. The quantitative estimate of drug-likeness (QED) is 0.819. The van der Waals surface area contributed by atoms with Gasteiger partial charge in [0, 0.05) is 11.8 Å². The van der Waals surface area contributed by atoms with Gasteiger partial charge in [0.25, 0.3) is 0 Å². The van der Waals surface area contributed by atoms with Crippen molar-refractivity contribution >= 4 is 17.5 Å². The van der Waals surface area contributed by atoms with Gasteiger partial charge in [0.05, 0.1) is 6.04 Å². The first-order chi connectivity index (χ1) is 8.04. The van der Waals surface area contributed by atoms with Crippen LogP contribution in [0.2, 0.25) is 0 Å². The van der Waals surface area contributed by atoms with Gasteiger partial charge in [0.2, 0.25) is 5.91 Å². The molecule has 1 amide bonds. The molecule has 92 valence electrons. The molecule has 0 bridgehead atoms. The molecule has 17 heavy (non-hydrogen) atoms. The standard InChI is InChI=1S/C14H18ClNO/c1-14(2)8-11(14)13(17)16-12(9-15)10-6-4-3-5-7-10/h3-7,11-12H,8-9H2,1-2H3,(H,16,17).